The van der Waals surface area contributed by atoms with Crippen molar-refractivity contribution in [1.29, 1.82) is 0 Å². The second-order valence-electron chi connectivity index (χ2n) is 11.3. The number of ether oxygens (including phenoxy) is 1. The smallest absolute Gasteiger partial charge is 0.338 e. The highest BCUT2D eigenvalue weighted by molar-refractivity contribution is 8.22. The number of likely N-dealkylation sites (N-methyl/N-ethyl adjacent to an activating group) is 1. The van der Waals surface area contributed by atoms with Crippen molar-refractivity contribution < 1.29 is 41.3 Å². The highest BCUT2D eigenvalue weighted by Gasteiger charge is 2.50. The van der Waals surface area contributed by atoms with Crippen LogP contribution in [-0.2, 0) is 0 Å². The number of alkyl halides is 2. The van der Waals surface area contributed by atoms with E-state index in [9.17, 15) is 36.6 Å². The Bertz CT molecular complexity index is 1510. The van der Waals surface area contributed by atoms with Crippen LogP contribution in [0.4, 0.5) is 23.2 Å². The van der Waals surface area contributed by atoms with Crippen molar-refractivity contribution in [1.82, 2.24) is 4.31 Å². The number of fused-ring (bicyclic) bond motifs is 1. The summed E-state index contributed by atoms with van der Waals surface area (Å²) in [7, 11) is -2.15. The van der Waals surface area contributed by atoms with E-state index in [0.717, 1.165) is 12.1 Å². The number of anilines is 1. The minimum Gasteiger partial charge on any atom is -0.478 e. The van der Waals surface area contributed by atoms with Crippen LogP contribution in [0.5, 0.6) is 11.5 Å². The first-order valence-electron chi connectivity index (χ1n) is 13.5. The largest absolute Gasteiger partial charge is 0.478 e. The van der Waals surface area contributed by atoms with Gasteiger partial charge in [0.15, 0.2) is 11.6 Å². The fraction of sp³-hybridized carbons (Fsp3) is 0.367. The Hall–Kier alpha value is -3.32. The Morgan fingerprint density at radius 3 is 2.36 bits per heavy atom. The van der Waals surface area contributed by atoms with E-state index in [1.54, 1.807) is 18.0 Å². The number of halogens is 4. The third-order valence-electron chi connectivity index (χ3n) is 7.81. The standard InChI is InChI=1S/C30H32F4N2O5S/c1-17(2)10-19-16-36(20-14-30(33,34)15-20)25-13-27(41-26-7-5-4-6-24(26)32)21(12-28(25)42(39,40)35(19)3)18-8-9-23(31)22(11-18)29(37)38/h4-9,11-13,17,19-20,39-40H,10,14-16H2,1-3H3,(H,37,38). The summed E-state index contributed by atoms with van der Waals surface area (Å²) in [5, 5.41) is 9.53. The van der Waals surface area contributed by atoms with Gasteiger partial charge in [-0.2, -0.15) is 0 Å². The summed E-state index contributed by atoms with van der Waals surface area (Å²) in [6, 6.07) is 10.7. The van der Waals surface area contributed by atoms with Crippen molar-refractivity contribution >= 4 is 22.4 Å². The first kappa shape index (κ1) is 30.1. The number of benzene rings is 3. The molecule has 12 heteroatoms. The first-order valence-corrected chi connectivity index (χ1v) is 15.0. The number of para-hydroxylation sites is 1. The molecule has 3 aromatic carbocycles. The fourth-order valence-corrected chi connectivity index (χ4v) is 7.18. The monoisotopic (exact) mass is 608 g/mol. The highest BCUT2D eigenvalue weighted by Crippen LogP contribution is 2.61. The molecule has 1 unspecified atom stereocenters. The number of carboxylic acid groups (broad SMARTS) is 1. The third-order valence-corrected chi connectivity index (χ3v) is 9.82. The molecule has 1 aliphatic carbocycles. The van der Waals surface area contributed by atoms with E-state index >= 15 is 0 Å². The zero-order valence-corrected chi connectivity index (χ0v) is 24.0. The van der Waals surface area contributed by atoms with Gasteiger partial charge in [0.25, 0.3) is 5.92 Å². The molecule has 1 saturated carbocycles. The zero-order chi connectivity index (χ0) is 30.6. The molecule has 0 bridgehead atoms. The molecule has 0 aromatic heterocycles. The molecule has 42 heavy (non-hydrogen) atoms. The van der Waals surface area contributed by atoms with Crippen molar-refractivity contribution in [3.63, 3.8) is 0 Å². The number of carboxylic acids is 1. The topological polar surface area (TPSA) is 93.5 Å². The van der Waals surface area contributed by atoms with Gasteiger partial charge >= 0.3 is 5.97 Å². The van der Waals surface area contributed by atoms with E-state index in [2.05, 4.69) is 0 Å². The molecule has 0 amide bonds. The molecule has 3 N–H and O–H groups in total. The Labute approximate surface area is 242 Å². The molecule has 1 atom stereocenters. The average Bonchev–Trinajstić information content (AvgIpc) is 2.97. The van der Waals surface area contributed by atoms with Crippen LogP contribution in [0.15, 0.2) is 59.5 Å². The lowest BCUT2D eigenvalue weighted by atomic mass is 9.85. The van der Waals surface area contributed by atoms with Gasteiger partial charge in [0.1, 0.15) is 11.6 Å². The zero-order valence-electron chi connectivity index (χ0n) is 23.2. The van der Waals surface area contributed by atoms with Gasteiger partial charge in [0, 0.05) is 50.1 Å². The Kier molecular flexibility index (Phi) is 7.94. The van der Waals surface area contributed by atoms with E-state index in [0.29, 0.717) is 6.42 Å². The summed E-state index contributed by atoms with van der Waals surface area (Å²) in [4.78, 5) is 13.5. The molecule has 1 heterocycles. The van der Waals surface area contributed by atoms with Gasteiger partial charge < -0.3 is 14.7 Å². The molecule has 1 aliphatic heterocycles. The summed E-state index contributed by atoms with van der Waals surface area (Å²) < 4.78 is 88.0. The molecular weight excluding hydrogens is 576 g/mol. The van der Waals surface area contributed by atoms with Gasteiger partial charge in [0.05, 0.1) is 16.1 Å². The summed E-state index contributed by atoms with van der Waals surface area (Å²) in [5.74, 6) is -6.06. The molecule has 226 valence electrons. The molecule has 0 saturated heterocycles. The fourth-order valence-electron chi connectivity index (χ4n) is 5.57. The van der Waals surface area contributed by atoms with Gasteiger partial charge in [-0.05, 0) is 48.2 Å². The van der Waals surface area contributed by atoms with Crippen LogP contribution >= 0.6 is 10.8 Å². The third kappa shape index (κ3) is 5.68. The molecule has 7 nitrogen and oxygen atoms in total. The molecular formula is C30H32F4N2O5S. The van der Waals surface area contributed by atoms with Gasteiger partial charge in [-0.1, -0.05) is 32.0 Å². The van der Waals surface area contributed by atoms with E-state index in [-0.39, 0.29) is 45.7 Å². The molecule has 0 spiro atoms. The average molecular weight is 609 g/mol. The summed E-state index contributed by atoms with van der Waals surface area (Å²) in [6.45, 7) is 4.18. The lowest BCUT2D eigenvalue weighted by Crippen LogP contribution is -2.54. The normalized spacial score (nSPS) is 20.9. The number of hydrogen-bond acceptors (Lipinski definition) is 6. The minimum absolute atomic E-state index is 0.00181. The highest BCUT2D eigenvalue weighted by atomic mass is 32.3. The van der Waals surface area contributed by atoms with Gasteiger partial charge in [-0.15, -0.1) is 10.8 Å². The summed E-state index contributed by atoms with van der Waals surface area (Å²) in [5.41, 5.74) is -0.0952. The van der Waals surface area contributed by atoms with Crippen LogP contribution in [0.25, 0.3) is 11.1 Å². The summed E-state index contributed by atoms with van der Waals surface area (Å²) >= 11 is 0. The Morgan fingerprint density at radius 2 is 1.74 bits per heavy atom. The number of carbonyl (C=O) groups is 1. The predicted octanol–water partition coefficient (Wildman–Crippen LogP) is 8.11. The van der Waals surface area contributed by atoms with Crippen LogP contribution < -0.4 is 9.64 Å². The lowest BCUT2D eigenvalue weighted by molar-refractivity contribution is -0.0862. The van der Waals surface area contributed by atoms with Crippen molar-refractivity contribution in [2.45, 2.75) is 56.0 Å². The maximum Gasteiger partial charge on any atom is 0.338 e. The maximum atomic E-state index is 14.7. The van der Waals surface area contributed by atoms with Gasteiger partial charge in [0.2, 0.25) is 0 Å². The number of hydrogen-bond donors (Lipinski definition) is 3. The molecule has 2 aliphatic rings. The lowest BCUT2D eigenvalue weighted by Gasteiger charge is -2.45. The van der Waals surface area contributed by atoms with Crippen LogP contribution in [0.2, 0.25) is 0 Å². The summed E-state index contributed by atoms with van der Waals surface area (Å²) in [6.07, 6.45) is -0.296. The number of rotatable bonds is 7. The number of nitrogens with zero attached hydrogens (tertiary/aromatic N) is 2. The molecule has 0 radical (unpaired) electrons. The predicted molar refractivity (Wildman–Crippen MR) is 153 cm³/mol. The first-order chi connectivity index (χ1) is 19.7. The van der Waals surface area contributed by atoms with E-state index < -0.39 is 64.8 Å². The maximum absolute atomic E-state index is 14.7. The van der Waals surface area contributed by atoms with Crippen molar-refractivity contribution in [3.8, 4) is 22.6 Å². The van der Waals surface area contributed by atoms with Crippen LogP contribution in [0.3, 0.4) is 0 Å². The molecule has 5 rings (SSSR count). The van der Waals surface area contributed by atoms with Crippen molar-refractivity contribution in [3.05, 3.63) is 71.8 Å². The second kappa shape index (κ2) is 11.1. The second-order valence-corrected chi connectivity index (χ2v) is 13.3. The molecule has 3 aromatic rings. The van der Waals surface area contributed by atoms with Crippen LogP contribution in [0, 0.1) is 17.6 Å². The van der Waals surface area contributed by atoms with E-state index in [1.807, 2.05) is 13.8 Å². The minimum atomic E-state index is -3.71. The Balaban J connectivity index is 1.75. The van der Waals surface area contributed by atoms with E-state index in [4.69, 9.17) is 4.74 Å². The van der Waals surface area contributed by atoms with Crippen molar-refractivity contribution in [2.75, 3.05) is 18.5 Å². The molecule has 1 fully saturated rings. The SMILES string of the molecule is CC(C)CC1CN(C2CC(F)(F)C2)c2cc(Oc3ccccc3F)c(-c3ccc(F)c(C(=O)O)c3)cc2S(O)(O)N1C. The van der Waals surface area contributed by atoms with Gasteiger partial charge in [-0.3, -0.25) is 9.11 Å². The van der Waals surface area contributed by atoms with Crippen molar-refractivity contribution in [2.24, 2.45) is 5.92 Å². The quantitative estimate of drug-likeness (QED) is 0.233. The van der Waals surface area contributed by atoms with Crippen LogP contribution in [-0.4, -0.2) is 56.1 Å². The number of aromatic carboxylic acids is 1. The van der Waals surface area contributed by atoms with Crippen LogP contribution in [0.1, 0.15) is 43.5 Å². The van der Waals surface area contributed by atoms with E-state index in [1.165, 1.54) is 40.7 Å². The Morgan fingerprint density at radius 1 is 1.05 bits per heavy atom. The van der Waals surface area contributed by atoms with Gasteiger partial charge in [-0.25, -0.2) is 26.7 Å².